The standard InChI is InChI=1S/C23H19N3O2S2/c1-16-7-11-19(12-8-16)28-20-13-9-18(10-14-20)21(27)24-22-25-26-23(30-22)29-15-17-5-3-2-4-6-17/h2-14H,15H2,1H3,(H,24,25,27). The van der Waals surface area contributed by atoms with Gasteiger partial charge in [0.15, 0.2) is 4.34 Å². The number of carbonyl (C=O) groups is 1. The molecule has 0 atom stereocenters. The van der Waals surface area contributed by atoms with E-state index in [1.807, 2.05) is 49.4 Å². The summed E-state index contributed by atoms with van der Waals surface area (Å²) in [7, 11) is 0. The van der Waals surface area contributed by atoms with Crippen molar-refractivity contribution in [1.29, 1.82) is 0 Å². The van der Waals surface area contributed by atoms with Crippen molar-refractivity contribution in [3.8, 4) is 11.5 Å². The van der Waals surface area contributed by atoms with Crippen molar-refractivity contribution in [2.24, 2.45) is 0 Å². The van der Waals surface area contributed by atoms with E-state index in [4.69, 9.17) is 4.74 Å². The summed E-state index contributed by atoms with van der Waals surface area (Å²) in [5.74, 6) is 2.01. The van der Waals surface area contributed by atoms with Gasteiger partial charge < -0.3 is 4.74 Å². The molecule has 0 bridgehead atoms. The normalized spacial score (nSPS) is 10.6. The first kappa shape index (κ1) is 20.1. The van der Waals surface area contributed by atoms with E-state index in [1.54, 1.807) is 36.0 Å². The second-order valence-corrected chi connectivity index (χ2v) is 8.74. The van der Waals surface area contributed by atoms with Crippen LogP contribution in [0, 0.1) is 6.92 Å². The highest BCUT2D eigenvalue weighted by Gasteiger charge is 2.11. The molecule has 1 heterocycles. The molecule has 3 aromatic carbocycles. The SMILES string of the molecule is Cc1ccc(Oc2ccc(C(=O)Nc3nnc(SCc4ccccc4)s3)cc2)cc1. The van der Waals surface area contributed by atoms with E-state index in [0.29, 0.717) is 16.4 Å². The van der Waals surface area contributed by atoms with Gasteiger partial charge in [0.2, 0.25) is 5.13 Å². The lowest BCUT2D eigenvalue weighted by molar-refractivity contribution is 0.102. The lowest BCUT2D eigenvalue weighted by Gasteiger charge is -2.07. The monoisotopic (exact) mass is 433 g/mol. The first-order valence-electron chi connectivity index (χ1n) is 9.32. The zero-order valence-corrected chi connectivity index (χ0v) is 17.9. The molecule has 0 radical (unpaired) electrons. The van der Waals surface area contributed by atoms with Gasteiger partial charge in [0.1, 0.15) is 11.5 Å². The van der Waals surface area contributed by atoms with Gasteiger partial charge in [0.05, 0.1) is 0 Å². The number of amides is 1. The first-order chi connectivity index (χ1) is 14.7. The largest absolute Gasteiger partial charge is 0.457 e. The highest BCUT2D eigenvalue weighted by atomic mass is 32.2. The lowest BCUT2D eigenvalue weighted by atomic mass is 10.2. The number of nitrogens with zero attached hydrogens (tertiary/aromatic N) is 2. The number of hydrogen-bond donors (Lipinski definition) is 1. The van der Waals surface area contributed by atoms with Gasteiger partial charge in [-0.25, -0.2) is 0 Å². The van der Waals surface area contributed by atoms with Crippen LogP contribution >= 0.6 is 23.1 Å². The van der Waals surface area contributed by atoms with E-state index in [-0.39, 0.29) is 5.91 Å². The molecule has 0 fully saturated rings. The van der Waals surface area contributed by atoms with E-state index < -0.39 is 0 Å². The van der Waals surface area contributed by atoms with Crippen LogP contribution in [0.25, 0.3) is 0 Å². The van der Waals surface area contributed by atoms with Crippen molar-refractivity contribution in [2.75, 3.05) is 5.32 Å². The highest BCUT2D eigenvalue weighted by molar-refractivity contribution is 8.00. The number of carbonyl (C=O) groups excluding carboxylic acids is 1. The van der Waals surface area contributed by atoms with Crippen LogP contribution < -0.4 is 10.1 Å². The van der Waals surface area contributed by atoms with Crippen LogP contribution in [-0.2, 0) is 5.75 Å². The van der Waals surface area contributed by atoms with Crippen LogP contribution in [0.1, 0.15) is 21.5 Å². The third kappa shape index (κ3) is 5.46. The van der Waals surface area contributed by atoms with Gasteiger partial charge in [-0.15, -0.1) is 10.2 Å². The summed E-state index contributed by atoms with van der Waals surface area (Å²) in [4.78, 5) is 12.5. The third-order valence-corrected chi connectivity index (χ3v) is 6.25. The summed E-state index contributed by atoms with van der Waals surface area (Å²) < 4.78 is 6.61. The highest BCUT2D eigenvalue weighted by Crippen LogP contribution is 2.28. The fraction of sp³-hybridized carbons (Fsp3) is 0.0870. The number of nitrogens with one attached hydrogen (secondary N) is 1. The van der Waals surface area contributed by atoms with Crippen LogP contribution in [0.5, 0.6) is 11.5 Å². The fourth-order valence-electron chi connectivity index (χ4n) is 2.62. The van der Waals surface area contributed by atoms with E-state index in [0.717, 1.165) is 15.8 Å². The summed E-state index contributed by atoms with van der Waals surface area (Å²) in [6.07, 6.45) is 0. The summed E-state index contributed by atoms with van der Waals surface area (Å²) in [6.45, 7) is 2.03. The quantitative estimate of drug-likeness (QED) is 0.278. The number of thioether (sulfide) groups is 1. The predicted molar refractivity (Wildman–Crippen MR) is 122 cm³/mol. The summed E-state index contributed by atoms with van der Waals surface area (Å²) in [5.41, 5.74) is 2.92. The van der Waals surface area contributed by atoms with Gasteiger partial charge in [-0.05, 0) is 48.9 Å². The number of hydrogen-bond acceptors (Lipinski definition) is 6. The van der Waals surface area contributed by atoms with Crippen LogP contribution in [-0.4, -0.2) is 16.1 Å². The van der Waals surface area contributed by atoms with Crippen molar-refractivity contribution >= 4 is 34.1 Å². The van der Waals surface area contributed by atoms with Crippen molar-refractivity contribution in [3.05, 3.63) is 95.6 Å². The molecular weight excluding hydrogens is 414 g/mol. The minimum atomic E-state index is -0.229. The smallest absolute Gasteiger partial charge is 0.257 e. The maximum Gasteiger partial charge on any atom is 0.257 e. The minimum absolute atomic E-state index is 0.229. The van der Waals surface area contributed by atoms with Crippen LogP contribution in [0.2, 0.25) is 0 Å². The predicted octanol–water partition coefficient (Wildman–Crippen LogP) is 6.18. The van der Waals surface area contributed by atoms with Gasteiger partial charge >= 0.3 is 0 Å². The van der Waals surface area contributed by atoms with Crippen LogP contribution in [0.15, 0.2) is 83.2 Å². The Hall–Kier alpha value is -3.16. The Labute approximate surface area is 183 Å². The zero-order valence-electron chi connectivity index (χ0n) is 16.2. The topological polar surface area (TPSA) is 64.1 Å². The number of aromatic nitrogens is 2. The lowest BCUT2D eigenvalue weighted by Crippen LogP contribution is -2.11. The molecular formula is C23H19N3O2S2. The maximum atomic E-state index is 12.5. The molecule has 30 heavy (non-hydrogen) atoms. The Kier molecular flexibility index (Phi) is 6.41. The average molecular weight is 434 g/mol. The van der Waals surface area contributed by atoms with Gasteiger partial charge in [0, 0.05) is 11.3 Å². The molecule has 0 spiro atoms. The fourth-order valence-corrected chi connectivity index (χ4v) is 4.33. The van der Waals surface area contributed by atoms with Crippen LogP contribution in [0.4, 0.5) is 5.13 Å². The molecule has 1 amide bonds. The maximum absolute atomic E-state index is 12.5. The summed E-state index contributed by atoms with van der Waals surface area (Å²) >= 11 is 2.96. The molecule has 0 unspecified atom stereocenters. The van der Waals surface area contributed by atoms with Gasteiger partial charge in [-0.3, -0.25) is 10.1 Å². The number of ether oxygens (including phenoxy) is 1. The van der Waals surface area contributed by atoms with Gasteiger partial charge in [-0.2, -0.15) is 0 Å². The average Bonchev–Trinajstić information content (AvgIpc) is 3.22. The van der Waals surface area contributed by atoms with Gasteiger partial charge in [-0.1, -0.05) is 71.1 Å². The zero-order chi connectivity index (χ0) is 20.8. The van der Waals surface area contributed by atoms with Crippen molar-refractivity contribution < 1.29 is 9.53 Å². The van der Waals surface area contributed by atoms with Gasteiger partial charge in [0.25, 0.3) is 5.91 Å². The molecule has 1 N–H and O–H groups in total. The molecule has 0 aliphatic rings. The number of benzene rings is 3. The molecule has 5 nitrogen and oxygen atoms in total. The van der Waals surface area contributed by atoms with E-state index in [2.05, 4.69) is 27.6 Å². The van der Waals surface area contributed by atoms with Crippen molar-refractivity contribution in [1.82, 2.24) is 10.2 Å². The Morgan fingerprint density at radius 3 is 2.30 bits per heavy atom. The number of rotatable bonds is 7. The second kappa shape index (κ2) is 9.56. The molecule has 7 heteroatoms. The Bertz CT molecular complexity index is 1110. The Morgan fingerprint density at radius 2 is 1.60 bits per heavy atom. The second-order valence-electron chi connectivity index (χ2n) is 6.54. The van der Waals surface area contributed by atoms with E-state index in [9.17, 15) is 4.79 Å². The van der Waals surface area contributed by atoms with Crippen molar-refractivity contribution in [3.63, 3.8) is 0 Å². The third-order valence-electron chi connectivity index (χ3n) is 4.21. The van der Waals surface area contributed by atoms with E-state index in [1.165, 1.54) is 22.5 Å². The Balaban J connectivity index is 1.32. The summed E-state index contributed by atoms with van der Waals surface area (Å²) in [6, 6.07) is 25.0. The molecule has 150 valence electrons. The van der Waals surface area contributed by atoms with Crippen LogP contribution in [0.3, 0.4) is 0 Å². The first-order valence-corrected chi connectivity index (χ1v) is 11.1. The molecule has 0 aliphatic heterocycles. The van der Waals surface area contributed by atoms with E-state index >= 15 is 0 Å². The molecule has 0 saturated heterocycles. The minimum Gasteiger partial charge on any atom is -0.457 e. The van der Waals surface area contributed by atoms with Crippen molar-refractivity contribution in [2.45, 2.75) is 17.0 Å². The number of aryl methyl sites for hydroxylation is 1. The molecule has 1 aromatic heterocycles. The molecule has 4 rings (SSSR count). The summed E-state index contributed by atoms with van der Waals surface area (Å²) in [5, 5.41) is 11.5. The number of anilines is 1. The molecule has 0 saturated carbocycles. The molecule has 4 aromatic rings. The molecule has 0 aliphatic carbocycles. The Morgan fingerprint density at radius 1 is 0.933 bits per heavy atom.